The van der Waals surface area contributed by atoms with Crippen LogP contribution in [0.5, 0.6) is 11.5 Å². The lowest BCUT2D eigenvalue weighted by atomic mass is 9.75. The molecule has 2 fully saturated rings. The lowest BCUT2D eigenvalue weighted by Crippen LogP contribution is -2.39. The molecule has 0 spiro atoms. The second kappa shape index (κ2) is 13.5. The van der Waals surface area contributed by atoms with E-state index >= 15 is 0 Å². The van der Waals surface area contributed by atoms with Crippen molar-refractivity contribution >= 4 is 11.8 Å². The zero-order valence-electron chi connectivity index (χ0n) is 22.3. The van der Waals surface area contributed by atoms with E-state index in [1.54, 1.807) is 0 Å². The van der Waals surface area contributed by atoms with Gasteiger partial charge in [0.15, 0.2) is 0 Å². The van der Waals surface area contributed by atoms with Gasteiger partial charge in [-0.05, 0) is 108 Å². The number of rotatable bonds is 10. The maximum Gasteiger partial charge on any atom is 0.255 e. The molecule has 200 valence electrons. The predicted molar refractivity (Wildman–Crippen MR) is 146 cm³/mol. The van der Waals surface area contributed by atoms with Gasteiger partial charge in [0.2, 0.25) is 0 Å². The first-order valence-corrected chi connectivity index (χ1v) is 14.1. The summed E-state index contributed by atoms with van der Waals surface area (Å²) in [6.07, 6.45) is 10.1. The molecule has 0 saturated heterocycles. The molecule has 0 heterocycles. The standard InChI is InChI=1S/C31H42N2O4/c1-3-36-28-11-7-5-9-26(28)30(34)32-24-17-13-22(14-18-24)21-23-15-19-25(20-16-23)33-31(35)27-10-6-8-12-29(27)37-4-2/h5-12,22-25H,3-4,13-21H2,1-2H3,(H,32,34)(H,33,35). The van der Waals surface area contributed by atoms with E-state index in [1.807, 2.05) is 62.4 Å². The highest BCUT2D eigenvalue weighted by molar-refractivity contribution is 5.97. The van der Waals surface area contributed by atoms with Crippen LogP contribution >= 0.6 is 0 Å². The van der Waals surface area contributed by atoms with Gasteiger partial charge in [-0.25, -0.2) is 0 Å². The Morgan fingerprint density at radius 3 is 1.41 bits per heavy atom. The molecule has 2 aromatic carbocycles. The third-order valence-corrected chi connectivity index (χ3v) is 7.89. The van der Waals surface area contributed by atoms with Gasteiger partial charge in [0.25, 0.3) is 11.8 Å². The average Bonchev–Trinajstić information content (AvgIpc) is 2.92. The SMILES string of the molecule is CCOc1ccccc1C(=O)NC1CCC(CC2CCC(NC(=O)c3ccccc3OCC)CC2)CC1. The summed E-state index contributed by atoms with van der Waals surface area (Å²) in [6.45, 7) is 4.96. The van der Waals surface area contributed by atoms with Crippen LogP contribution in [0.3, 0.4) is 0 Å². The summed E-state index contributed by atoms with van der Waals surface area (Å²) >= 11 is 0. The van der Waals surface area contributed by atoms with Gasteiger partial charge >= 0.3 is 0 Å². The topological polar surface area (TPSA) is 76.7 Å². The zero-order valence-corrected chi connectivity index (χ0v) is 22.3. The predicted octanol–water partition coefficient (Wildman–Crippen LogP) is 6.15. The van der Waals surface area contributed by atoms with Crippen molar-refractivity contribution in [3.05, 3.63) is 59.7 Å². The van der Waals surface area contributed by atoms with E-state index in [0.717, 1.165) is 37.5 Å². The van der Waals surface area contributed by atoms with E-state index in [4.69, 9.17) is 9.47 Å². The van der Waals surface area contributed by atoms with E-state index in [-0.39, 0.29) is 23.9 Å². The van der Waals surface area contributed by atoms with Gasteiger partial charge in [-0.15, -0.1) is 0 Å². The zero-order chi connectivity index (χ0) is 26.0. The van der Waals surface area contributed by atoms with Crippen molar-refractivity contribution in [2.24, 2.45) is 11.8 Å². The molecule has 4 rings (SSSR count). The number of nitrogens with one attached hydrogen (secondary N) is 2. The van der Waals surface area contributed by atoms with E-state index < -0.39 is 0 Å². The van der Waals surface area contributed by atoms with E-state index in [0.29, 0.717) is 35.8 Å². The number of para-hydroxylation sites is 2. The number of benzene rings is 2. The molecule has 0 aliphatic heterocycles. The number of hydrogen-bond acceptors (Lipinski definition) is 4. The van der Waals surface area contributed by atoms with E-state index in [2.05, 4.69) is 10.6 Å². The fourth-order valence-corrected chi connectivity index (χ4v) is 5.95. The molecule has 2 aliphatic carbocycles. The molecule has 0 aromatic heterocycles. The third-order valence-electron chi connectivity index (χ3n) is 7.89. The molecule has 2 aliphatic rings. The molecule has 2 N–H and O–H groups in total. The summed E-state index contributed by atoms with van der Waals surface area (Å²) in [5.41, 5.74) is 1.24. The van der Waals surface area contributed by atoms with Crippen molar-refractivity contribution in [3.8, 4) is 11.5 Å². The second-order valence-corrected chi connectivity index (χ2v) is 10.5. The molecule has 0 unspecified atom stereocenters. The summed E-state index contributed by atoms with van der Waals surface area (Å²) in [6, 6.07) is 15.4. The minimum atomic E-state index is -0.0308. The lowest BCUT2D eigenvalue weighted by molar-refractivity contribution is 0.0914. The van der Waals surface area contributed by atoms with Gasteiger partial charge in [-0.1, -0.05) is 24.3 Å². The Balaban J connectivity index is 1.17. The molecule has 6 nitrogen and oxygen atoms in total. The van der Waals surface area contributed by atoms with Crippen molar-refractivity contribution < 1.29 is 19.1 Å². The van der Waals surface area contributed by atoms with E-state index in [1.165, 1.54) is 32.1 Å². The van der Waals surface area contributed by atoms with Crippen LogP contribution < -0.4 is 20.1 Å². The number of ether oxygens (including phenoxy) is 2. The van der Waals surface area contributed by atoms with Crippen LogP contribution in [-0.4, -0.2) is 37.1 Å². The van der Waals surface area contributed by atoms with Crippen LogP contribution in [0.15, 0.2) is 48.5 Å². The molecule has 0 bridgehead atoms. The second-order valence-electron chi connectivity index (χ2n) is 10.5. The highest BCUT2D eigenvalue weighted by Gasteiger charge is 2.29. The number of carbonyl (C=O) groups excluding carboxylic acids is 2. The number of carbonyl (C=O) groups is 2. The Bertz CT molecular complexity index is 942. The Morgan fingerprint density at radius 2 is 1.03 bits per heavy atom. The van der Waals surface area contributed by atoms with Crippen molar-refractivity contribution in [2.45, 2.75) is 83.7 Å². The van der Waals surface area contributed by atoms with Gasteiger partial charge in [-0.2, -0.15) is 0 Å². The number of hydrogen-bond donors (Lipinski definition) is 2. The molecule has 0 radical (unpaired) electrons. The lowest BCUT2D eigenvalue weighted by Gasteiger charge is -2.34. The number of amides is 2. The van der Waals surface area contributed by atoms with Crippen LogP contribution in [0.4, 0.5) is 0 Å². The van der Waals surface area contributed by atoms with Gasteiger partial charge < -0.3 is 20.1 Å². The Morgan fingerprint density at radius 1 is 0.649 bits per heavy atom. The maximum absolute atomic E-state index is 12.8. The van der Waals surface area contributed by atoms with Crippen LogP contribution in [0.1, 0.15) is 92.4 Å². The molecule has 2 saturated carbocycles. The van der Waals surface area contributed by atoms with Gasteiger partial charge in [0, 0.05) is 12.1 Å². The summed E-state index contributed by atoms with van der Waals surface area (Å²) in [7, 11) is 0. The summed E-state index contributed by atoms with van der Waals surface area (Å²) in [5, 5.41) is 6.48. The van der Waals surface area contributed by atoms with Crippen LogP contribution in [0.25, 0.3) is 0 Å². The van der Waals surface area contributed by atoms with Crippen molar-refractivity contribution in [2.75, 3.05) is 13.2 Å². The molecule has 6 heteroatoms. The molecule has 37 heavy (non-hydrogen) atoms. The third kappa shape index (κ3) is 7.50. The largest absolute Gasteiger partial charge is 0.493 e. The first kappa shape index (κ1) is 27.0. The fraction of sp³-hybridized carbons (Fsp3) is 0.548. The fourth-order valence-electron chi connectivity index (χ4n) is 5.95. The average molecular weight is 507 g/mol. The van der Waals surface area contributed by atoms with Crippen LogP contribution in [0.2, 0.25) is 0 Å². The molecular formula is C31H42N2O4. The quantitative estimate of drug-likeness (QED) is 0.405. The van der Waals surface area contributed by atoms with E-state index in [9.17, 15) is 9.59 Å². The van der Waals surface area contributed by atoms with Crippen LogP contribution in [0, 0.1) is 11.8 Å². The molecule has 2 aromatic rings. The summed E-state index contributed by atoms with van der Waals surface area (Å²) in [4.78, 5) is 25.7. The van der Waals surface area contributed by atoms with Crippen molar-refractivity contribution in [3.63, 3.8) is 0 Å². The first-order chi connectivity index (χ1) is 18.1. The van der Waals surface area contributed by atoms with Gasteiger partial charge in [0.05, 0.1) is 24.3 Å². The highest BCUT2D eigenvalue weighted by atomic mass is 16.5. The minimum absolute atomic E-state index is 0.0308. The smallest absolute Gasteiger partial charge is 0.255 e. The summed E-state index contributed by atoms with van der Waals surface area (Å²) < 4.78 is 11.3. The molecular weight excluding hydrogens is 464 g/mol. The Hall–Kier alpha value is -3.02. The Kier molecular flexibility index (Phi) is 9.86. The highest BCUT2D eigenvalue weighted by Crippen LogP contribution is 2.36. The minimum Gasteiger partial charge on any atom is -0.493 e. The first-order valence-electron chi connectivity index (χ1n) is 14.1. The Labute approximate surface area is 221 Å². The van der Waals surface area contributed by atoms with Crippen molar-refractivity contribution in [1.82, 2.24) is 10.6 Å². The van der Waals surface area contributed by atoms with Crippen LogP contribution in [-0.2, 0) is 0 Å². The molecule has 0 atom stereocenters. The summed E-state index contributed by atoms with van der Waals surface area (Å²) in [5.74, 6) is 2.72. The monoisotopic (exact) mass is 506 g/mol. The normalized spacial score (nSPS) is 23.6. The maximum atomic E-state index is 12.8. The van der Waals surface area contributed by atoms with Gasteiger partial charge in [0.1, 0.15) is 11.5 Å². The van der Waals surface area contributed by atoms with Crippen molar-refractivity contribution in [1.29, 1.82) is 0 Å². The van der Waals surface area contributed by atoms with Gasteiger partial charge in [-0.3, -0.25) is 9.59 Å². The molecule has 2 amide bonds.